The van der Waals surface area contributed by atoms with Crippen LogP contribution in [0.4, 0.5) is 5.69 Å². The van der Waals surface area contributed by atoms with Crippen LogP contribution in [0.25, 0.3) is 0 Å². The first-order valence-electron chi connectivity index (χ1n) is 6.39. The number of hydrogen-bond donors (Lipinski definition) is 1. The molecule has 0 aliphatic rings. The molecule has 2 nitrogen and oxygen atoms in total. The molecule has 0 unspecified atom stereocenters. The first-order chi connectivity index (χ1) is 9.22. The van der Waals surface area contributed by atoms with E-state index in [1.165, 1.54) is 11.3 Å². The summed E-state index contributed by atoms with van der Waals surface area (Å²) in [5.41, 5.74) is 3.67. The van der Waals surface area contributed by atoms with Gasteiger partial charge in [-0.05, 0) is 30.3 Å². The van der Waals surface area contributed by atoms with Crippen molar-refractivity contribution < 1.29 is 0 Å². The second-order valence-electron chi connectivity index (χ2n) is 4.61. The van der Waals surface area contributed by atoms with Crippen LogP contribution in [-0.2, 0) is 13.1 Å². The van der Waals surface area contributed by atoms with E-state index in [1.807, 2.05) is 25.2 Å². The summed E-state index contributed by atoms with van der Waals surface area (Å²) in [5, 5.41) is 4.02. The van der Waals surface area contributed by atoms with E-state index in [9.17, 15) is 0 Å². The third-order valence-electron chi connectivity index (χ3n) is 3.14. The first-order valence-corrected chi connectivity index (χ1v) is 6.77. The highest BCUT2D eigenvalue weighted by molar-refractivity contribution is 6.31. The molecule has 0 spiro atoms. The van der Waals surface area contributed by atoms with Crippen molar-refractivity contribution in [2.45, 2.75) is 13.1 Å². The molecule has 100 valence electrons. The highest BCUT2D eigenvalue weighted by Gasteiger charge is 2.08. The zero-order chi connectivity index (χ0) is 13.7. The average Bonchev–Trinajstić information content (AvgIpc) is 2.42. The lowest BCUT2D eigenvalue weighted by Gasteiger charge is -2.23. The zero-order valence-corrected chi connectivity index (χ0v) is 12.1. The van der Waals surface area contributed by atoms with Gasteiger partial charge in [-0.2, -0.15) is 0 Å². The summed E-state index contributed by atoms with van der Waals surface area (Å²) in [5.74, 6) is 0. The normalized spacial score (nSPS) is 10.5. The lowest BCUT2D eigenvalue weighted by Crippen LogP contribution is -2.19. The second kappa shape index (κ2) is 6.60. The van der Waals surface area contributed by atoms with Crippen LogP contribution in [0.2, 0.25) is 5.02 Å². The molecule has 0 heterocycles. The maximum Gasteiger partial charge on any atom is 0.0455 e. The van der Waals surface area contributed by atoms with Gasteiger partial charge in [0.15, 0.2) is 0 Å². The fourth-order valence-corrected chi connectivity index (χ4v) is 2.39. The predicted molar refractivity (Wildman–Crippen MR) is 82.8 cm³/mol. The largest absolute Gasteiger partial charge is 0.370 e. The number of anilines is 1. The molecule has 2 rings (SSSR count). The van der Waals surface area contributed by atoms with E-state index in [2.05, 4.69) is 47.6 Å². The van der Waals surface area contributed by atoms with Crippen molar-refractivity contribution in [1.29, 1.82) is 0 Å². The van der Waals surface area contributed by atoms with Gasteiger partial charge in [-0.3, -0.25) is 0 Å². The monoisotopic (exact) mass is 274 g/mol. The molecule has 2 aromatic carbocycles. The molecule has 1 N–H and O–H groups in total. The predicted octanol–water partition coefficient (Wildman–Crippen LogP) is 3.70. The molecule has 0 saturated carbocycles. The van der Waals surface area contributed by atoms with E-state index in [4.69, 9.17) is 11.6 Å². The Kier molecular flexibility index (Phi) is 4.83. The molecule has 0 saturated heterocycles. The Morgan fingerprint density at radius 1 is 1.00 bits per heavy atom. The van der Waals surface area contributed by atoms with Gasteiger partial charge in [-0.1, -0.05) is 48.0 Å². The molecule has 0 amide bonds. The van der Waals surface area contributed by atoms with Gasteiger partial charge in [0.1, 0.15) is 0 Å². The smallest absolute Gasteiger partial charge is 0.0455 e. The highest BCUT2D eigenvalue weighted by Crippen LogP contribution is 2.23. The summed E-state index contributed by atoms with van der Waals surface area (Å²) in [4.78, 5) is 2.23. The maximum absolute atomic E-state index is 6.22. The molecule has 3 heteroatoms. The Hall–Kier alpha value is -1.51. The maximum atomic E-state index is 6.22. The molecule has 0 atom stereocenters. The van der Waals surface area contributed by atoms with Crippen molar-refractivity contribution in [2.24, 2.45) is 0 Å². The van der Waals surface area contributed by atoms with E-state index in [-0.39, 0.29) is 0 Å². The fourth-order valence-electron chi connectivity index (χ4n) is 2.19. The lowest BCUT2D eigenvalue weighted by atomic mass is 10.1. The van der Waals surface area contributed by atoms with Crippen molar-refractivity contribution in [3.8, 4) is 0 Å². The van der Waals surface area contributed by atoms with Crippen molar-refractivity contribution in [3.63, 3.8) is 0 Å². The molecule has 0 aliphatic heterocycles. The SMILES string of the molecule is CNCc1ccccc1N(C)Cc1ccccc1Cl. The van der Waals surface area contributed by atoms with Gasteiger partial charge in [0.05, 0.1) is 0 Å². The third-order valence-corrected chi connectivity index (χ3v) is 3.50. The number of nitrogens with one attached hydrogen (secondary N) is 1. The lowest BCUT2D eigenvalue weighted by molar-refractivity contribution is 0.805. The molecule has 0 fully saturated rings. The Bertz CT molecular complexity index is 540. The van der Waals surface area contributed by atoms with E-state index < -0.39 is 0 Å². The number of para-hydroxylation sites is 1. The van der Waals surface area contributed by atoms with E-state index >= 15 is 0 Å². The highest BCUT2D eigenvalue weighted by atomic mass is 35.5. The van der Waals surface area contributed by atoms with Crippen molar-refractivity contribution in [1.82, 2.24) is 5.32 Å². The zero-order valence-electron chi connectivity index (χ0n) is 11.4. The Morgan fingerprint density at radius 2 is 1.63 bits per heavy atom. The summed E-state index contributed by atoms with van der Waals surface area (Å²) in [6, 6.07) is 16.4. The standard InChI is InChI=1S/C16H19ClN2/c1-18-11-13-7-4-6-10-16(13)19(2)12-14-8-3-5-9-15(14)17/h3-10,18H,11-12H2,1-2H3. The second-order valence-corrected chi connectivity index (χ2v) is 5.01. The summed E-state index contributed by atoms with van der Waals surface area (Å²) >= 11 is 6.22. The van der Waals surface area contributed by atoms with Gasteiger partial charge in [0.25, 0.3) is 0 Å². The van der Waals surface area contributed by atoms with E-state index in [1.54, 1.807) is 0 Å². The van der Waals surface area contributed by atoms with Gasteiger partial charge in [0.2, 0.25) is 0 Å². The minimum atomic E-state index is 0.806. The van der Waals surface area contributed by atoms with E-state index in [0.29, 0.717) is 0 Å². The summed E-state index contributed by atoms with van der Waals surface area (Å²) < 4.78 is 0. The number of nitrogens with zero attached hydrogens (tertiary/aromatic N) is 1. The van der Waals surface area contributed by atoms with Gasteiger partial charge in [-0.15, -0.1) is 0 Å². The molecule has 19 heavy (non-hydrogen) atoms. The number of rotatable bonds is 5. The molecular weight excluding hydrogens is 256 g/mol. The minimum absolute atomic E-state index is 0.806. The minimum Gasteiger partial charge on any atom is -0.370 e. The van der Waals surface area contributed by atoms with Gasteiger partial charge >= 0.3 is 0 Å². The summed E-state index contributed by atoms with van der Waals surface area (Å²) in [7, 11) is 4.06. The third kappa shape index (κ3) is 3.49. The Labute approximate surface area is 120 Å². The van der Waals surface area contributed by atoms with E-state index in [0.717, 1.165) is 23.7 Å². The van der Waals surface area contributed by atoms with Crippen molar-refractivity contribution >= 4 is 17.3 Å². The fraction of sp³-hybridized carbons (Fsp3) is 0.250. The summed E-state index contributed by atoms with van der Waals surface area (Å²) in [6.45, 7) is 1.67. The molecular formula is C16H19ClN2. The van der Waals surface area contributed by atoms with Gasteiger partial charge < -0.3 is 10.2 Å². The van der Waals surface area contributed by atoms with Crippen LogP contribution in [0, 0.1) is 0 Å². The molecule has 2 aromatic rings. The van der Waals surface area contributed by atoms with Crippen LogP contribution < -0.4 is 10.2 Å². The number of halogens is 1. The van der Waals surface area contributed by atoms with Gasteiger partial charge in [0, 0.05) is 30.8 Å². The molecule has 0 bridgehead atoms. The average molecular weight is 275 g/mol. The van der Waals surface area contributed by atoms with Crippen LogP contribution in [0.15, 0.2) is 48.5 Å². The van der Waals surface area contributed by atoms with Crippen LogP contribution in [0.5, 0.6) is 0 Å². The Morgan fingerprint density at radius 3 is 2.32 bits per heavy atom. The van der Waals surface area contributed by atoms with Crippen molar-refractivity contribution in [3.05, 3.63) is 64.7 Å². The Balaban J connectivity index is 2.20. The quantitative estimate of drug-likeness (QED) is 0.894. The van der Waals surface area contributed by atoms with Crippen LogP contribution in [-0.4, -0.2) is 14.1 Å². The van der Waals surface area contributed by atoms with Crippen LogP contribution in [0.3, 0.4) is 0 Å². The van der Waals surface area contributed by atoms with Crippen LogP contribution in [0.1, 0.15) is 11.1 Å². The summed E-state index contributed by atoms with van der Waals surface area (Å²) in [6.07, 6.45) is 0. The van der Waals surface area contributed by atoms with Crippen molar-refractivity contribution in [2.75, 3.05) is 19.0 Å². The number of benzene rings is 2. The molecule has 0 aromatic heterocycles. The molecule has 0 radical (unpaired) electrons. The first kappa shape index (κ1) is 13.9. The molecule has 0 aliphatic carbocycles. The van der Waals surface area contributed by atoms with Crippen LogP contribution >= 0.6 is 11.6 Å². The topological polar surface area (TPSA) is 15.3 Å². The van der Waals surface area contributed by atoms with Gasteiger partial charge in [-0.25, -0.2) is 0 Å². The number of hydrogen-bond acceptors (Lipinski definition) is 2.